The van der Waals surface area contributed by atoms with E-state index in [2.05, 4.69) is 38.8 Å². The van der Waals surface area contributed by atoms with E-state index in [1.54, 1.807) is 0 Å². The van der Waals surface area contributed by atoms with Gasteiger partial charge in [0.2, 0.25) is 0 Å². The van der Waals surface area contributed by atoms with Gasteiger partial charge in [0.1, 0.15) is 124 Å². The third-order valence-corrected chi connectivity index (χ3v) is 15.7. The van der Waals surface area contributed by atoms with E-state index in [4.69, 9.17) is 31.9 Å². The van der Waals surface area contributed by atoms with Crippen molar-refractivity contribution in [1.82, 2.24) is 31.9 Å². The van der Waals surface area contributed by atoms with Gasteiger partial charge < -0.3 is 145 Å². The molecule has 0 spiro atoms. The van der Waals surface area contributed by atoms with Crippen molar-refractivity contribution >= 4 is 46.3 Å². The van der Waals surface area contributed by atoms with Gasteiger partial charge in [0, 0.05) is 25.7 Å². The normalized spacial score (nSPS) is 16.2. The van der Waals surface area contributed by atoms with Crippen LogP contribution in [0.4, 0.5) is 0 Å². The fraction of sp³-hybridized carbons (Fsp3) is 0.879. The van der Waals surface area contributed by atoms with Crippen LogP contribution in [-0.2, 0) is 38.4 Å². The summed E-state index contributed by atoms with van der Waals surface area (Å²) in [5.74, 6) is -7.20. The highest BCUT2D eigenvalue weighted by atomic mass is 16.4. The van der Waals surface area contributed by atoms with Gasteiger partial charge in [-0.3, -0.25) is 38.4 Å². The van der Waals surface area contributed by atoms with Gasteiger partial charge in [-0.05, 0) is 182 Å². The summed E-state index contributed by atoms with van der Waals surface area (Å²) in [4.78, 5) is 91.3. The lowest BCUT2D eigenvalue weighted by atomic mass is 9.96. The average Bonchev–Trinajstić information content (AvgIpc) is 0.891. The SMILES string of the molecule is CCCNCCCC(=O)[C@H](O)[C@@H](O)[C@H](O)[C@H](O)C(=O)CO.CCCNCCCCCNCCCC(=O)[C@H](O)[C@@H](O)[C@H](O)[C@H](O)C(=O)CO.NCCCCCNCCCC(=O)[C@H](O)[C@@H](O)[C@H](O)[C@H](O)C(=O)CO.NCCCCCNCCCCCNCCCC(=O)[C@H](O)[C@@H](O)[C@H](O)[C@H](O)C(=O)CO. The number of unbranched alkanes of at least 4 members (excludes halogenated alkanes) is 8. The number of Topliss-reactive ketones (excluding diaryl/α,β-unsaturated/α-hetero) is 8. The molecule has 604 valence electrons. The van der Waals surface area contributed by atoms with Gasteiger partial charge in [0.15, 0.2) is 46.3 Å². The van der Waals surface area contributed by atoms with Crippen LogP contribution in [0.25, 0.3) is 0 Å². The van der Waals surface area contributed by atoms with Gasteiger partial charge in [0.05, 0.1) is 0 Å². The van der Waals surface area contributed by atoms with Gasteiger partial charge in [-0.25, -0.2) is 0 Å². The maximum Gasteiger partial charge on any atom is 0.189 e. The van der Waals surface area contributed by atoms with E-state index < -0.39 is 170 Å². The van der Waals surface area contributed by atoms with E-state index >= 15 is 0 Å². The molecule has 0 aromatic heterocycles. The summed E-state index contributed by atoms with van der Waals surface area (Å²) in [6, 6.07) is 0. The molecule has 16 atom stereocenters. The molecule has 0 aromatic rings. The number of nitrogens with two attached hydrogens (primary N) is 2. The molecule has 0 amide bonds. The van der Waals surface area contributed by atoms with Gasteiger partial charge in [0.25, 0.3) is 0 Å². The molecule has 0 heterocycles. The minimum absolute atomic E-state index is 0.00823. The Morgan fingerprint density at radius 3 is 0.529 bits per heavy atom. The predicted molar refractivity (Wildman–Crippen MR) is 373 cm³/mol. The van der Waals surface area contributed by atoms with Crippen molar-refractivity contribution in [2.75, 3.05) is 118 Å². The Morgan fingerprint density at radius 1 is 0.225 bits per heavy atom. The molecule has 0 aliphatic rings. The minimum atomic E-state index is -2.07. The molecule has 0 aromatic carbocycles. The van der Waals surface area contributed by atoms with E-state index in [-0.39, 0.29) is 25.7 Å². The van der Waals surface area contributed by atoms with Crippen molar-refractivity contribution in [3.05, 3.63) is 0 Å². The summed E-state index contributed by atoms with van der Waals surface area (Å²) in [6.45, 7) is 11.1. The summed E-state index contributed by atoms with van der Waals surface area (Å²) < 4.78 is 0. The highest BCUT2D eigenvalue weighted by Crippen LogP contribution is 2.14. The summed E-state index contributed by atoms with van der Waals surface area (Å²) >= 11 is 0. The average molecular weight is 1490 g/mol. The molecule has 30 N–H and O–H groups in total. The fourth-order valence-corrected chi connectivity index (χ4v) is 9.13. The highest BCUT2D eigenvalue weighted by molar-refractivity contribution is 5.88. The first kappa shape index (κ1) is 105. The zero-order chi connectivity index (χ0) is 78.4. The van der Waals surface area contributed by atoms with Crippen LogP contribution in [0.2, 0.25) is 0 Å². The first-order chi connectivity index (χ1) is 48.4. The van der Waals surface area contributed by atoms with Gasteiger partial charge in [-0.15, -0.1) is 0 Å². The molecule has 36 heteroatoms. The number of aliphatic hydroxyl groups excluding tert-OH is 20. The summed E-state index contributed by atoms with van der Waals surface area (Å²) in [5.41, 5.74) is 10.8. The summed E-state index contributed by atoms with van der Waals surface area (Å²) in [5, 5.41) is 207. The highest BCUT2D eigenvalue weighted by Gasteiger charge is 2.40. The van der Waals surface area contributed by atoms with Crippen molar-refractivity contribution in [1.29, 1.82) is 0 Å². The monoisotopic (exact) mass is 1480 g/mol. The molecule has 0 bridgehead atoms. The number of carbonyl (C=O) groups excluding carboxylic acids is 8. The van der Waals surface area contributed by atoms with Crippen molar-refractivity contribution in [2.24, 2.45) is 11.5 Å². The molecule has 36 nitrogen and oxygen atoms in total. The third-order valence-electron chi connectivity index (χ3n) is 15.7. The quantitative estimate of drug-likeness (QED) is 0.0251. The van der Waals surface area contributed by atoms with Crippen LogP contribution in [0, 0.1) is 0 Å². The number of ketones is 8. The molecular weight excluding hydrogens is 1350 g/mol. The Labute approximate surface area is 599 Å². The van der Waals surface area contributed by atoms with Crippen molar-refractivity contribution < 1.29 is 140 Å². The second-order valence-electron chi connectivity index (χ2n) is 24.6. The molecule has 102 heavy (non-hydrogen) atoms. The van der Waals surface area contributed by atoms with Crippen LogP contribution < -0.4 is 43.4 Å². The topological polar surface area (TPSA) is 665 Å². The first-order valence-corrected chi connectivity index (χ1v) is 35.6. The lowest BCUT2D eigenvalue weighted by Crippen LogP contribution is -2.50. The van der Waals surface area contributed by atoms with Gasteiger partial charge in [-0.2, -0.15) is 0 Å². The molecule has 0 aliphatic heterocycles. The maximum atomic E-state index is 11.9. The van der Waals surface area contributed by atoms with Crippen LogP contribution in [0.5, 0.6) is 0 Å². The van der Waals surface area contributed by atoms with E-state index in [1.807, 2.05) is 6.92 Å². The largest absolute Gasteiger partial charge is 0.388 e. The van der Waals surface area contributed by atoms with Crippen LogP contribution in [0.3, 0.4) is 0 Å². The number of hydrogen-bond donors (Lipinski definition) is 28. The van der Waals surface area contributed by atoms with E-state index in [1.165, 1.54) is 0 Å². The zero-order valence-corrected chi connectivity index (χ0v) is 59.9. The number of carbonyl (C=O) groups is 8. The number of nitrogens with one attached hydrogen (secondary N) is 6. The summed E-state index contributed by atoms with van der Waals surface area (Å²) in [7, 11) is 0. The van der Waals surface area contributed by atoms with E-state index in [0.717, 1.165) is 149 Å². The van der Waals surface area contributed by atoms with Crippen molar-refractivity contribution in [3.8, 4) is 0 Å². The third kappa shape index (κ3) is 51.5. The molecule has 0 radical (unpaired) electrons. The Hall–Kier alpha value is -3.76. The van der Waals surface area contributed by atoms with Crippen molar-refractivity contribution in [3.63, 3.8) is 0 Å². The molecule has 0 aliphatic carbocycles. The van der Waals surface area contributed by atoms with Crippen LogP contribution >= 0.6 is 0 Å². The number of rotatable bonds is 66. The van der Waals surface area contributed by atoms with E-state index in [0.29, 0.717) is 58.4 Å². The molecule has 0 saturated heterocycles. The molecule has 0 rings (SSSR count). The zero-order valence-electron chi connectivity index (χ0n) is 59.9. The van der Waals surface area contributed by atoms with E-state index in [9.17, 15) is 120 Å². The standard InChI is InChI=1S/C20H41N3O7.C18H36N2O7.C15H30N2O7.C13H25NO7/c21-9-3-1-4-10-22-11-5-2-6-12-23-13-7-8-15(25)17(27)19(29)20(30)18(28)16(26)14-24;1-2-8-19-9-4-3-5-10-20-11-6-7-13(22)15(24)17(26)18(27)16(25)14(23)12-21;16-6-2-1-3-7-17-8-4-5-10(19)12(21)14(23)15(24)13(22)11(20)9-18;1-2-5-14-6-3-4-8(16)10(18)12(20)13(21)11(19)9(17)7-15/h17-20,22-24,27-30H,1-14,21H2;15-21,24-27H,2-12H2,1H3;12-15,17-18,21-24H,1-9,16H2;10-15,18-21H,2-7H2,1H3/t17-,18+,19+,20+;15-,16+,17+,18+;12-,13+,14+,15+;10-,11+,12+,13+/m0000/s1. The molecule has 0 fully saturated rings. The number of hydrogen-bond acceptors (Lipinski definition) is 36. The van der Waals surface area contributed by atoms with Crippen LogP contribution in [0.1, 0.15) is 155 Å². The maximum absolute atomic E-state index is 11.9. The lowest BCUT2D eigenvalue weighted by molar-refractivity contribution is -0.154. The van der Waals surface area contributed by atoms with Gasteiger partial charge >= 0.3 is 0 Å². The van der Waals surface area contributed by atoms with Gasteiger partial charge in [-0.1, -0.05) is 39.5 Å². The fourth-order valence-electron chi connectivity index (χ4n) is 9.13. The Kier molecular flexibility index (Phi) is 70.8. The molecular formula is C66H132N8O28. The Bertz CT molecular complexity index is 2120. The van der Waals surface area contributed by atoms with Crippen LogP contribution in [0.15, 0.2) is 0 Å². The molecule has 0 saturated carbocycles. The Balaban J connectivity index is -0.000000633. The molecule has 0 unspecified atom stereocenters. The van der Waals surface area contributed by atoms with Crippen LogP contribution in [-0.4, -0.2) is 364 Å². The first-order valence-electron chi connectivity index (χ1n) is 35.6. The second-order valence-corrected chi connectivity index (χ2v) is 24.6. The van der Waals surface area contributed by atoms with Crippen molar-refractivity contribution in [2.45, 2.75) is 253 Å². The summed E-state index contributed by atoms with van der Waals surface area (Å²) in [6.07, 6.45) is -15.4. The number of aliphatic hydroxyl groups is 20. The smallest absolute Gasteiger partial charge is 0.189 e. The predicted octanol–water partition coefficient (Wildman–Crippen LogP) is -9.68. The lowest BCUT2D eigenvalue weighted by Gasteiger charge is -2.24. The minimum Gasteiger partial charge on any atom is -0.388 e. The second kappa shape index (κ2) is 69.0. The Morgan fingerprint density at radius 2 is 0.373 bits per heavy atom.